The molecular weight excluding hydrogens is 322 g/mol. The van der Waals surface area contributed by atoms with E-state index in [1.807, 2.05) is 23.1 Å². The molecule has 1 aromatic carbocycles. The first-order chi connectivity index (χ1) is 11.6. The topological polar surface area (TPSA) is 58.1 Å². The van der Waals surface area contributed by atoms with E-state index in [2.05, 4.69) is 11.9 Å². The maximum Gasteiger partial charge on any atom is 0.262 e. The molecule has 0 aliphatic carbocycles. The average molecular weight is 345 g/mol. The van der Waals surface area contributed by atoms with Gasteiger partial charge in [-0.05, 0) is 49.5 Å². The van der Waals surface area contributed by atoms with E-state index < -0.39 is 0 Å². The standard InChI is InChI=1S/C18H23N3O2S/c1-2-6-13-7-5-10-20(11-13)16(22)12-21-17(23)14-8-3-4-9-15(14)19-18(21)24/h3-4,8-9,13H,2,5-7,10-12H2,1H3,(H,19,24)/t13-/m1/s1. The summed E-state index contributed by atoms with van der Waals surface area (Å²) >= 11 is 5.29. The fourth-order valence-corrected chi connectivity index (χ4v) is 3.77. The Kier molecular flexibility index (Phi) is 5.14. The van der Waals surface area contributed by atoms with Crippen LogP contribution in [0.25, 0.3) is 10.9 Å². The smallest absolute Gasteiger partial charge is 0.262 e. The number of hydrogen-bond donors (Lipinski definition) is 1. The normalized spacial score (nSPS) is 18.0. The SMILES string of the molecule is CCC[C@@H]1CCCN(C(=O)Cn2c(=S)[nH]c3ccccc3c2=O)C1. The van der Waals surface area contributed by atoms with E-state index in [4.69, 9.17) is 12.2 Å². The van der Waals surface area contributed by atoms with Gasteiger partial charge < -0.3 is 9.88 Å². The van der Waals surface area contributed by atoms with Gasteiger partial charge in [-0.25, -0.2) is 0 Å². The highest BCUT2D eigenvalue weighted by molar-refractivity contribution is 7.71. The Morgan fingerprint density at radius 3 is 2.96 bits per heavy atom. The van der Waals surface area contributed by atoms with Gasteiger partial charge in [0.2, 0.25) is 5.91 Å². The number of hydrogen-bond acceptors (Lipinski definition) is 3. The Bertz CT molecular complexity index is 853. The predicted molar refractivity (Wildman–Crippen MR) is 97.6 cm³/mol. The van der Waals surface area contributed by atoms with Gasteiger partial charge >= 0.3 is 0 Å². The van der Waals surface area contributed by atoms with Crippen molar-refractivity contribution in [3.63, 3.8) is 0 Å². The number of para-hydroxylation sites is 1. The number of nitrogens with zero attached hydrogens (tertiary/aromatic N) is 2. The van der Waals surface area contributed by atoms with Crippen molar-refractivity contribution in [1.82, 2.24) is 14.5 Å². The first-order valence-corrected chi connectivity index (χ1v) is 9.00. The third-order valence-corrected chi connectivity index (χ3v) is 5.07. The quantitative estimate of drug-likeness (QED) is 0.866. The van der Waals surface area contributed by atoms with Crippen LogP contribution in [0.2, 0.25) is 0 Å². The zero-order chi connectivity index (χ0) is 17.1. The van der Waals surface area contributed by atoms with E-state index >= 15 is 0 Å². The highest BCUT2D eigenvalue weighted by atomic mass is 32.1. The molecule has 0 spiro atoms. The average Bonchev–Trinajstić information content (AvgIpc) is 2.59. The highest BCUT2D eigenvalue weighted by Gasteiger charge is 2.23. The Morgan fingerprint density at radius 1 is 1.38 bits per heavy atom. The Labute approximate surface area is 146 Å². The van der Waals surface area contributed by atoms with Crippen LogP contribution in [0.4, 0.5) is 0 Å². The summed E-state index contributed by atoms with van der Waals surface area (Å²) in [5.74, 6) is 0.559. The summed E-state index contributed by atoms with van der Waals surface area (Å²) in [6, 6.07) is 7.23. The molecule has 1 N–H and O–H groups in total. The van der Waals surface area contributed by atoms with Crippen molar-refractivity contribution in [2.24, 2.45) is 5.92 Å². The number of amides is 1. The monoisotopic (exact) mass is 345 g/mol. The molecular formula is C18H23N3O2S. The van der Waals surface area contributed by atoms with Crippen LogP contribution >= 0.6 is 12.2 Å². The number of carbonyl (C=O) groups excluding carboxylic acids is 1. The van der Waals surface area contributed by atoms with E-state index in [-0.39, 0.29) is 18.0 Å². The number of aromatic nitrogens is 2. The lowest BCUT2D eigenvalue weighted by molar-refractivity contribution is -0.133. The molecule has 1 aliphatic heterocycles. The third-order valence-electron chi connectivity index (χ3n) is 4.75. The number of H-pyrrole nitrogens is 1. The van der Waals surface area contributed by atoms with Crippen molar-refractivity contribution in [1.29, 1.82) is 0 Å². The molecule has 5 nitrogen and oxygen atoms in total. The number of aromatic amines is 1. The number of carbonyl (C=O) groups is 1. The molecule has 1 aliphatic rings. The molecule has 0 radical (unpaired) electrons. The van der Waals surface area contributed by atoms with Gasteiger partial charge in [-0.1, -0.05) is 25.5 Å². The van der Waals surface area contributed by atoms with Crippen molar-refractivity contribution >= 4 is 29.0 Å². The summed E-state index contributed by atoms with van der Waals surface area (Å²) in [5.41, 5.74) is 0.502. The molecule has 1 fully saturated rings. The summed E-state index contributed by atoms with van der Waals surface area (Å²) in [5, 5.41) is 0.557. The van der Waals surface area contributed by atoms with Crippen LogP contribution in [0.5, 0.6) is 0 Å². The molecule has 0 bridgehead atoms. The van der Waals surface area contributed by atoms with Crippen LogP contribution in [0.15, 0.2) is 29.1 Å². The van der Waals surface area contributed by atoms with Crippen LogP contribution < -0.4 is 5.56 Å². The van der Waals surface area contributed by atoms with Crippen LogP contribution in [0, 0.1) is 10.7 Å². The summed E-state index contributed by atoms with van der Waals surface area (Å²) in [4.78, 5) is 30.2. The number of rotatable bonds is 4. The fraction of sp³-hybridized carbons (Fsp3) is 0.500. The lowest BCUT2D eigenvalue weighted by atomic mass is 9.94. The molecule has 24 heavy (non-hydrogen) atoms. The molecule has 1 atom stereocenters. The highest BCUT2D eigenvalue weighted by Crippen LogP contribution is 2.21. The van der Waals surface area contributed by atoms with Gasteiger partial charge in [0.1, 0.15) is 6.54 Å². The molecule has 2 heterocycles. The molecule has 0 unspecified atom stereocenters. The maximum atomic E-state index is 12.7. The van der Waals surface area contributed by atoms with Gasteiger partial charge in [0.15, 0.2) is 4.77 Å². The van der Waals surface area contributed by atoms with Gasteiger partial charge in [0, 0.05) is 13.1 Å². The molecule has 0 saturated carbocycles. The molecule has 128 valence electrons. The lowest BCUT2D eigenvalue weighted by Gasteiger charge is -2.32. The molecule has 2 aromatic rings. The Balaban J connectivity index is 1.83. The molecule has 3 rings (SSSR count). The van der Waals surface area contributed by atoms with Gasteiger partial charge in [0.25, 0.3) is 5.56 Å². The third kappa shape index (κ3) is 3.43. The predicted octanol–water partition coefficient (Wildman–Crippen LogP) is 3.10. The summed E-state index contributed by atoms with van der Waals surface area (Å²) < 4.78 is 1.68. The number of nitrogens with one attached hydrogen (secondary N) is 1. The van der Waals surface area contributed by atoms with Crippen LogP contribution in [0.1, 0.15) is 32.6 Å². The van der Waals surface area contributed by atoms with Gasteiger partial charge in [0.05, 0.1) is 10.9 Å². The zero-order valence-electron chi connectivity index (χ0n) is 14.0. The molecule has 1 saturated heterocycles. The van der Waals surface area contributed by atoms with Crippen LogP contribution in [-0.4, -0.2) is 33.4 Å². The van der Waals surface area contributed by atoms with Crippen LogP contribution in [0.3, 0.4) is 0 Å². The largest absolute Gasteiger partial charge is 0.341 e. The number of likely N-dealkylation sites (tertiary alicyclic amines) is 1. The van der Waals surface area contributed by atoms with E-state index in [1.54, 1.807) is 6.07 Å². The molecule has 6 heteroatoms. The number of piperidine rings is 1. The Morgan fingerprint density at radius 2 is 2.17 bits per heavy atom. The van der Waals surface area contributed by atoms with E-state index in [1.165, 1.54) is 11.0 Å². The fourth-order valence-electron chi connectivity index (χ4n) is 3.51. The summed E-state index contributed by atoms with van der Waals surface area (Å²) in [6.45, 7) is 3.76. The van der Waals surface area contributed by atoms with E-state index in [9.17, 15) is 9.59 Å². The number of benzene rings is 1. The van der Waals surface area contributed by atoms with E-state index in [0.717, 1.165) is 32.4 Å². The first-order valence-electron chi connectivity index (χ1n) is 8.59. The van der Waals surface area contributed by atoms with Gasteiger partial charge in [-0.15, -0.1) is 0 Å². The second-order valence-corrected chi connectivity index (χ2v) is 6.89. The van der Waals surface area contributed by atoms with Crippen molar-refractivity contribution in [3.8, 4) is 0 Å². The Hall–Kier alpha value is -1.95. The van der Waals surface area contributed by atoms with Gasteiger partial charge in [-0.3, -0.25) is 14.2 Å². The van der Waals surface area contributed by atoms with Crippen molar-refractivity contribution in [2.45, 2.75) is 39.2 Å². The summed E-state index contributed by atoms with van der Waals surface area (Å²) in [6.07, 6.45) is 4.52. The van der Waals surface area contributed by atoms with Crippen LogP contribution in [-0.2, 0) is 11.3 Å². The first kappa shape index (κ1) is 16.9. The minimum absolute atomic E-state index is 0.0118. The molecule has 1 aromatic heterocycles. The van der Waals surface area contributed by atoms with Gasteiger partial charge in [-0.2, -0.15) is 0 Å². The van der Waals surface area contributed by atoms with E-state index in [0.29, 0.717) is 21.6 Å². The second kappa shape index (κ2) is 7.30. The summed E-state index contributed by atoms with van der Waals surface area (Å²) in [7, 11) is 0. The van der Waals surface area contributed by atoms with Crippen molar-refractivity contribution in [3.05, 3.63) is 39.4 Å². The lowest BCUT2D eigenvalue weighted by Crippen LogP contribution is -2.43. The number of fused-ring (bicyclic) bond motifs is 1. The maximum absolute atomic E-state index is 12.7. The minimum Gasteiger partial charge on any atom is -0.341 e. The second-order valence-electron chi connectivity index (χ2n) is 6.50. The zero-order valence-corrected chi connectivity index (χ0v) is 14.8. The van der Waals surface area contributed by atoms with Crippen molar-refractivity contribution < 1.29 is 4.79 Å². The minimum atomic E-state index is -0.204. The van der Waals surface area contributed by atoms with Crippen molar-refractivity contribution in [2.75, 3.05) is 13.1 Å². The molecule has 1 amide bonds.